The minimum Gasteiger partial charge on any atom is -0.478 e. The molecular weight excluding hydrogens is 254 g/mol. The molecular formula is C15H19N3O2. The number of nitrogens with one attached hydrogen (secondary N) is 1. The maximum absolute atomic E-state index is 11.4. The van der Waals surface area contributed by atoms with Crippen molar-refractivity contribution in [2.75, 3.05) is 37.6 Å². The average Bonchev–Trinajstić information content (AvgIpc) is 2.48. The number of aromatic carboxylic acids is 1. The highest BCUT2D eigenvalue weighted by Gasteiger charge is 2.15. The molecule has 4 N–H and O–H groups in total. The van der Waals surface area contributed by atoms with Gasteiger partial charge in [0.2, 0.25) is 0 Å². The Kier molecular flexibility index (Phi) is 4.99. The zero-order chi connectivity index (χ0) is 14.4. The van der Waals surface area contributed by atoms with E-state index in [4.69, 9.17) is 5.73 Å². The summed E-state index contributed by atoms with van der Waals surface area (Å²) in [6, 6.07) is 5.43. The fraction of sp³-hybridized carbons (Fsp3) is 0.400. The summed E-state index contributed by atoms with van der Waals surface area (Å²) in [5.74, 6) is 4.82. The lowest BCUT2D eigenvalue weighted by atomic mass is 10.1. The molecule has 0 aromatic heterocycles. The molecule has 5 nitrogen and oxygen atoms in total. The second kappa shape index (κ2) is 6.94. The number of hydrogen-bond donors (Lipinski definition) is 3. The minimum absolute atomic E-state index is 0.255. The third-order valence-electron chi connectivity index (χ3n) is 3.21. The van der Waals surface area contributed by atoms with Gasteiger partial charge >= 0.3 is 5.97 Å². The van der Waals surface area contributed by atoms with E-state index >= 15 is 0 Å². The van der Waals surface area contributed by atoms with Crippen LogP contribution in [-0.2, 0) is 0 Å². The summed E-state index contributed by atoms with van der Waals surface area (Å²) in [4.78, 5) is 13.5. The molecule has 0 bridgehead atoms. The Bertz CT molecular complexity index is 540. The number of piperazine rings is 1. The van der Waals surface area contributed by atoms with Crippen molar-refractivity contribution in [2.45, 2.75) is 6.42 Å². The molecule has 1 heterocycles. The molecule has 0 saturated carbocycles. The molecule has 106 valence electrons. The van der Waals surface area contributed by atoms with Crippen LogP contribution in [-0.4, -0.2) is 43.8 Å². The van der Waals surface area contributed by atoms with E-state index in [1.165, 1.54) is 0 Å². The van der Waals surface area contributed by atoms with E-state index in [1.807, 2.05) is 6.07 Å². The molecule has 20 heavy (non-hydrogen) atoms. The summed E-state index contributed by atoms with van der Waals surface area (Å²) in [6.45, 7) is 4.09. The topological polar surface area (TPSA) is 78.6 Å². The first-order valence-electron chi connectivity index (χ1n) is 6.74. The van der Waals surface area contributed by atoms with Crippen molar-refractivity contribution in [3.63, 3.8) is 0 Å². The van der Waals surface area contributed by atoms with Crippen molar-refractivity contribution in [2.24, 2.45) is 5.73 Å². The van der Waals surface area contributed by atoms with Crippen molar-refractivity contribution in [3.8, 4) is 11.8 Å². The third kappa shape index (κ3) is 3.50. The van der Waals surface area contributed by atoms with Gasteiger partial charge in [-0.3, -0.25) is 0 Å². The molecule has 1 aliphatic rings. The Labute approximate surface area is 118 Å². The van der Waals surface area contributed by atoms with Gasteiger partial charge in [-0.2, -0.15) is 0 Å². The van der Waals surface area contributed by atoms with Crippen molar-refractivity contribution in [3.05, 3.63) is 29.3 Å². The largest absolute Gasteiger partial charge is 0.478 e. The smallest absolute Gasteiger partial charge is 0.337 e. The second-order valence-corrected chi connectivity index (χ2v) is 4.61. The molecule has 1 aromatic rings. The summed E-state index contributed by atoms with van der Waals surface area (Å²) in [6.07, 6.45) is 0.568. The van der Waals surface area contributed by atoms with Gasteiger partial charge < -0.3 is 21.1 Å². The first-order valence-corrected chi connectivity index (χ1v) is 6.74. The van der Waals surface area contributed by atoms with Crippen molar-refractivity contribution in [1.82, 2.24) is 5.32 Å². The highest BCUT2D eigenvalue weighted by molar-refractivity contribution is 5.92. The van der Waals surface area contributed by atoms with E-state index in [0.29, 0.717) is 18.5 Å². The van der Waals surface area contributed by atoms with Crippen LogP contribution in [0, 0.1) is 11.8 Å². The summed E-state index contributed by atoms with van der Waals surface area (Å²) in [5.41, 5.74) is 7.12. The maximum atomic E-state index is 11.4. The molecule has 0 amide bonds. The summed E-state index contributed by atoms with van der Waals surface area (Å²) in [5, 5.41) is 12.6. The van der Waals surface area contributed by atoms with Crippen LogP contribution in [0.3, 0.4) is 0 Å². The van der Waals surface area contributed by atoms with E-state index in [-0.39, 0.29) is 5.56 Å². The molecule has 0 aliphatic carbocycles. The number of carbonyl (C=O) groups is 1. The van der Waals surface area contributed by atoms with Gasteiger partial charge in [0.1, 0.15) is 0 Å². The highest BCUT2D eigenvalue weighted by Crippen LogP contribution is 2.20. The molecule has 0 atom stereocenters. The van der Waals surface area contributed by atoms with Crippen LogP contribution < -0.4 is 16.0 Å². The Balaban J connectivity index is 2.27. The van der Waals surface area contributed by atoms with Gasteiger partial charge in [-0.15, -0.1) is 0 Å². The fourth-order valence-corrected chi connectivity index (χ4v) is 2.17. The zero-order valence-electron chi connectivity index (χ0n) is 11.4. The Morgan fingerprint density at radius 1 is 1.40 bits per heavy atom. The lowest BCUT2D eigenvalue weighted by Crippen LogP contribution is -2.43. The standard InChI is InChI=1S/C15H19N3O2/c16-6-2-1-3-12-4-5-13(11-14(12)15(19)20)18-9-7-17-8-10-18/h4-5,11,17H,2,6-10,16H2,(H,19,20). The van der Waals surface area contributed by atoms with Crippen LogP contribution in [0.4, 0.5) is 5.69 Å². The SMILES string of the molecule is NCCC#Cc1ccc(N2CCNCC2)cc1C(=O)O. The van der Waals surface area contributed by atoms with Gasteiger partial charge in [0.25, 0.3) is 0 Å². The van der Waals surface area contributed by atoms with Gasteiger partial charge in [0.15, 0.2) is 0 Å². The summed E-state index contributed by atoms with van der Waals surface area (Å²) >= 11 is 0. The molecule has 1 aromatic carbocycles. The molecule has 0 unspecified atom stereocenters. The van der Waals surface area contributed by atoms with Gasteiger partial charge in [-0.1, -0.05) is 11.8 Å². The molecule has 1 aliphatic heterocycles. The minimum atomic E-state index is -0.945. The van der Waals surface area contributed by atoms with Gasteiger partial charge in [-0.05, 0) is 18.2 Å². The van der Waals surface area contributed by atoms with E-state index in [2.05, 4.69) is 22.1 Å². The van der Waals surface area contributed by atoms with Crippen LogP contribution in [0.25, 0.3) is 0 Å². The fourth-order valence-electron chi connectivity index (χ4n) is 2.17. The van der Waals surface area contributed by atoms with E-state index in [0.717, 1.165) is 31.9 Å². The van der Waals surface area contributed by atoms with Crippen molar-refractivity contribution < 1.29 is 9.90 Å². The maximum Gasteiger partial charge on any atom is 0.337 e. The molecule has 2 rings (SSSR count). The van der Waals surface area contributed by atoms with E-state index in [9.17, 15) is 9.90 Å². The van der Waals surface area contributed by atoms with Crippen molar-refractivity contribution >= 4 is 11.7 Å². The molecule has 1 fully saturated rings. The number of rotatable bonds is 3. The number of nitrogens with two attached hydrogens (primary N) is 1. The average molecular weight is 273 g/mol. The van der Waals surface area contributed by atoms with Crippen molar-refractivity contribution in [1.29, 1.82) is 0 Å². The number of carboxylic acids is 1. The van der Waals surface area contributed by atoms with E-state index < -0.39 is 5.97 Å². The Hall–Kier alpha value is -2.03. The first-order chi connectivity index (χ1) is 9.72. The van der Waals surface area contributed by atoms with Crippen LogP contribution in [0.2, 0.25) is 0 Å². The number of hydrogen-bond acceptors (Lipinski definition) is 4. The monoisotopic (exact) mass is 273 g/mol. The predicted octanol–water partition coefficient (Wildman–Crippen LogP) is 0.495. The number of benzene rings is 1. The quantitative estimate of drug-likeness (QED) is 0.699. The lowest BCUT2D eigenvalue weighted by molar-refractivity contribution is 0.0696. The molecule has 5 heteroatoms. The Morgan fingerprint density at radius 2 is 2.15 bits per heavy atom. The molecule has 0 spiro atoms. The number of anilines is 1. The van der Waals surface area contributed by atoms with Crippen LogP contribution >= 0.6 is 0 Å². The van der Waals surface area contributed by atoms with Gasteiger partial charge in [0, 0.05) is 50.4 Å². The van der Waals surface area contributed by atoms with Gasteiger partial charge in [0.05, 0.1) is 5.56 Å². The number of carboxylic acid groups (broad SMARTS) is 1. The normalized spacial score (nSPS) is 14.6. The first kappa shape index (κ1) is 14.4. The van der Waals surface area contributed by atoms with Crippen LogP contribution in [0.15, 0.2) is 18.2 Å². The molecule has 1 saturated heterocycles. The van der Waals surface area contributed by atoms with Gasteiger partial charge in [-0.25, -0.2) is 4.79 Å². The van der Waals surface area contributed by atoms with Crippen LogP contribution in [0.5, 0.6) is 0 Å². The summed E-state index contributed by atoms with van der Waals surface area (Å²) in [7, 11) is 0. The van der Waals surface area contributed by atoms with E-state index in [1.54, 1.807) is 12.1 Å². The zero-order valence-corrected chi connectivity index (χ0v) is 11.4. The third-order valence-corrected chi connectivity index (χ3v) is 3.21. The molecule has 0 radical (unpaired) electrons. The second-order valence-electron chi connectivity index (χ2n) is 4.61. The van der Waals surface area contributed by atoms with Crippen LogP contribution in [0.1, 0.15) is 22.3 Å². The highest BCUT2D eigenvalue weighted by atomic mass is 16.4. The lowest BCUT2D eigenvalue weighted by Gasteiger charge is -2.29. The Morgan fingerprint density at radius 3 is 2.80 bits per heavy atom. The summed E-state index contributed by atoms with van der Waals surface area (Å²) < 4.78 is 0. The predicted molar refractivity (Wildman–Crippen MR) is 79.0 cm³/mol. The number of nitrogens with zero attached hydrogens (tertiary/aromatic N) is 1.